The number of rotatable bonds is 1. The Morgan fingerprint density at radius 1 is 1.33 bits per heavy atom. The number of hydrogen-bond acceptors (Lipinski definition) is 2. The number of methoxy groups -OCH3 is 1. The number of ether oxygens (including phenoxy) is 1. The Labute approximate surface area is 90.6 Å². The van der Waals surface area contributed by atoms with E-state index in [2.05, 4.69) is 17.4 Å². The molecule has 0 fully saturated rings. The first-order valence-electron chi connectivity index (χ1n) is 5.79. The van der Waals surface area contributed by atoms with Gasteiger partial charge in [0.1, 0.15) is 5.75 Å². The maximum atomic E-state index is 5.35. The van der Waals surface area contributed by atoms with Gasteiger partial charge in [0.25, 0.3) is 0 Å². The van der Waals surface area contributed by atoms with Gasteiger partial charge in [-0.05, 0) is 54.0 Å². The SMILES string of the molecule is COc1cc2c3c(c1)CNCC3CCC2. The summed E-state index contributed by atoms with van der Waals surface area (Å²) in [5.74, 6) is 1.77. The highest BCUT2D eigenvalue weighted by atomic mass is 16.5. The zero-order valence-corrected chi connectivity index (χ0v) is 9.18. The normalized spacial score (nSPS) is 23.4. The lowest BCUT2D eigenvalue weighted by atomic mass is 9.78. The van der Waals surface area contributed by atoms with E-state index in [1.807, 2.05) is 0 Å². The summed E-state index contributed by atoms with van der Waals surface area (Å²) >= 11 is 0. The predicted octanol–water partition coefficient (Wildman–Crippen LogP) is 2.22. The van der Waals surface area contributed by atoms with Crippen molar-refractivity contribution in [3.63, 3.8) is 0 Å². The summed E-state index contributed by atoms with van der Waals surface area (Å²) in [6, 6.07) is 4.43. The average molecular weight is 203 g/mol. The van der Waals surface area contributed by atoms with Crippen molar-refractivity contribution in [3.8, 4) is 5.75 Å². The molecular formula is C13H17NO. The Morgan fingerprint density at radius 2 is 2.20 bits per heavy atom. The Kier molecular flexibility index (Phi) is 2.17. The van der Waals surface area contributed by atoms with E-state index in [9.17, 15) is 0 Å². The standard InChI is InChI=1S/C13H17NO/c1-15-12-5-9-3-2-4-10-7-14-8-11(6-12)13(9)10/h5-6,10,14H,2-4,7-8H2,1H3. The maximum absolute atomic E-state index is 5.35. The molecule has 0 saturated carbocycles. The third-order valence-corrected chi connectivity index (χ3v) is 3.67. The summed E-state index contributed by atoms with van der Waals surface area (Å²) in [6.45, 7) is 2.17. The molecule has 1 aromatic carbocycles. The number of aryl methyl sites for hydroxylation is 1. The molecule has 2 aliphatic rings. The molecule has 0 saturated heterocycles. The quantitative estimate of drug-likeness (QED) is 0.755. The van der Waals surface area contributed by atoms with Gasteiger partial charge < -0.3 is 10.1 Å². The number of benzene rings is 1. The second-order valence-electron chi connectivity index (χ2n) is 4.58. The lowest BCUT2D eigenvalue weighted by molar-refractivity contribution is 0.408. The van der Waals surface area contributed by atoms with Gasteiger partial charge in [-0.3, -0.25) is 0 Å². The van der Waals surface area contributed by atoms with Crippen molar-refractivity contribution in [2.45, 2.75) is 31.7 Å². The molecule has 80 valence electrons. The topological polar surface area (TPSA) is 21.3 Å². The van der Waals surface area contributed by atoms with Gasteiger partial charge in [-0.25, -0.2) is 0 Å². The number of hydrogen-bond donors (Lipinski definition) is 1. The third-order valence-electron chi connectivity index (χ3n) is 3.67. The molecule has 3 rings (SSSR count). The van der Waals surface area contributed by atoms with Gasteiger partial charge >= 0.3 is 0 Å². The van der Waals surface area contributed by atoms with Crippen LogP contribution in [0, 0.1) is 0 Å². The van der Waals surface area contributed by atoms with Crippen LogP contribution < -0.4 is 10.1 Å². The van der Waals surface area contributed by atoms with Crippen LogP contribution in [0.5, 0.6) is 5.75 Å². The van der Waals surface area contributed by atoms with Crippen LogP contribution in [-0.4, -0.2) is 13.7 Å². The Hall–Kier alpha value is -1.02. The summed E-state index contributed by atoms with van der Waals surface area (Å²) in [4.78, 5) is 0. The smallest absolute Gasteiger partial charge is 0.119 e. The zero-order valence-electron chi connectivity index (χ0n) is 9.18. The summed E-state index contributed by atoms with van der Waals surface area (Å²) < 4.78 is 5.35. The molecule has 1 aliphatic carbocycles. The van der Waals surface area contributed by atoms with Crippen LogP contribution in [0.1, 0.15) is 35.4 Å². The summed E-state index contributed by atoms with van der Waals surface area (Å²) in [6.07, 6.45) is 3.90. The van der Waals surface area contributed by atoms with Gasteiger partial charge in [0, 0.05) is 13.1 Å². The third kappa shape index (κ3) is 1.44. The molecule has 0 spiro atoms. The van der Waals surface area contributed by atoms with Crippen LogP contribution in [-0.2, 0) is 13.0 Å². The van der Waals surface area contributed by atoms with Crippen molar-refractivity contribution in [3.05, 3.63) is 28.8 Å². The van der Waals surface area contributed by atoms with E-state index >= 15 is 0 Å². The van der Waals surface area contributed by atoms with E-state index in [1.54, 1.807) is 12.7 Å². The molecule has 1 aliphatic heterocycles. The molecule has 1 aromatic rings. The van der Waals surface area contributed by atoms with Gasteiger partial charge in [0.15, 0.2) is 0 Å². The van der Waals surface area contributed by atoms with Crippen LogP contribution in [0.3, 0.4) is 0 Å². The van der Waals surface area contributed by atoms with E-state index in [1.165, 1.54) is 30.4 Å². The van der Waals surface area contributed by atoms with E-state index in [0.717, 1.165) is 24.8 Å². The summed E-state index contributed by atoms with van der Waals surface area (Å²) in [7, 11) is 1.75. The minimum atomic E-state index is 0.753. The molecule has 2 heteroatoms. The van der Waals surface area contributed by atoms with Crippen molar-refractivity contribution >= 4 is 0 Å². The van der Waals surface area contributed by atoms with Crippen LogP contribution in [0.15, 0.2) is 12.1 Å². The van der Waals surface area contributed by atoms with Crippen LogP contribution in [0.25, 0.3) is 0 Å². The molecule has 2 nitrogen and oxygen atoms in total. The molecular weight excluding hydrogens is 186 g/mol. The van der Waals surface area contributed by atoms with Gasteiger partial charge in [-0.1, -0.05) is 0 Å². The minimum Gasteiger partial charge on any atom is -0.497 e. The van der Waals surface area contributed by atoms with E-state index in [0.29, 0.717) is 0 Å². The molecule has 1 unspecified atom stereocenters. The van der Waals surface area contributed by atoms with E-state index < -0.39 is 0 Å². The molecule has 0 aromatic heterocycles. The molecule has 1 N–H and O–H groups in total. The predicted molar refractivity (Wildman–Crippen MR) is 60.4 cm³/mol. The second kappa shape index (κ2) is 3.53. The van der Waals surface area contributed by atoms with Crippen molar-refractivity contribution in [1.29, 1.82) is 0 Å². The fourth-order valence-corrected chi connectivity index (χ4v) is 3.01. The lowest BCUT2D eigenvalue weighted by Crippen LogP contribution is -2.31. The van der Waals surface area contributed by atoms with Gasteiger partial charge in [0.2, 0.25) is 0 Å². The van der Waals surface area contributed by atoms with E-state index in [-0.39, 0.29) is 0 Å². The van der Waals surface area contributed by atoms with Gasteiger partial charge in [0.05, 0.1) is 7.11 Å². The molecule has 15 heavy (non-hydrogen) atoms. The fraction of sp³-hybridized carbons (Fsp3) is 0.538. The first-order valence-corrected chi connectivity index (χ1v) is 5.79. The van der Waals surface area contributed by atoms with Crippen LogP contribution in [0.2, 0.25) is 0 Å². The highest BCUT2D eigenvalue weighted by Crippen LogP contribution is 2.38. The van der Waals surface area contributed by atoms with Crippen molar-refractivity contribution in [2.75, 3.05) is 13.7 Å². The molecule has 1 atom stereocenters. The van der Waals surface area contributed by atoms with Gasteiger partial charge in [-0.15, -0.1) is 0 Å². The molecule has 0 radical (unpaired) electrons. The number of nitrogens with one attached hydrogen (secondary N) is 1. The van der Waals surface area contributed by atoms with E-state index in [4.69, 9.17) is 4.74 Å². The zero-order chi connectivity index (χ0) is 10.3. The lowest BCUT2D eigenvalue weighted by Gasteiger charge is -2.32. The van der Waals surface area contributed by atoms with Crippen LogP contribution >= 0.6 is 0 Å². The summed E-state index contributed by atoms with van der Waals surface area (Å²) in [5.41, 5.74) is 4.61. The van der Waals surface area contributed by atoms with Gasteiger partial charge in [-0.2, -0.15) is 0 Å². The Balaban J connectivity index is 2.15. The van der Waals surface area contributed by atoms with Crippen molar-refractivity contribution < 1.29 is 4.74 Å². The second-order valence-corrected chi connectivity index (χ2v) is 4.58. The van der Waals surface area contributed by atoms with Crippen LogP contribution in [0.4, 0.5) is 0 Å². The summed E-state index contributed by atoms with van der Waals surface area (Å²) in [5, 5.41) is 3.50. The minimum absolute atomic E-state index is 0.753. The molecule has 1 heterocycles. The first kappa shape index (κ1) is 9.22. The average Bonchev–Trinajstić information content (AvgIpc) is 2.29. The van der Waals surface area contributed by atoms with Crippen molar-refractivity contribution in [2.24, 2.45) is 0 Å². The maximum Gasteiger partial charge on any atom is 0.119 e. The molecule has 0 amide bonds. The first-order chi connectivity index (χ1) is 7.38. The fourth-order valence-electron chi connectivity index (χ4n) is 3.01. The highest BCUT2D eigenvalue weighted by molar-refractivity contribution is 5.46. The molecule has 0 bridgehead atoms. The highest BCUT2D eigenvalue weighted by Gasteiger charge is 2.26. The Bertz CT molecular complexity index is 355. The van der Waals surface area contributed by atoms with Crippen molar-refractivity contribution in [1.82, 2.24) is 5.32 Å². The largest absolute Gasteiger partial charge is 0.497 e. The monoisotopic (exact) mass is 203 g/mol. The Morgan fingerprint density at radius 3 is 3.07 bits per heavy atom.